The Balaban J connectivity index is 0.00000169. The van der Waals surface area contributed by atoms with E-state index in [1.54, 1.807) is 17.0 Å². The Morgan fingerprint density at radius 3 is 2.71 bits per heavy atom. The van der Waals surface area contributed by atoms with Crippen LogP contribution >= 0.6 is 17.0 Å². The van der Waals surface area contributed by atoms with Crippen LogP contribution in [0.25, 0.3) is 0 Å². The molecule has 0 aromatic carbocycles. The number of aromatic nitrogens is 2. The summed E-state index contributed by atoms with van der Waals surface area (Å²) in [5.74, 6) is -0.629. The first-order valence-corrected chi connectivity index (χ1v) is 4.36. The van der Waals surface area contributed by atoms with Crippen LogP contribution in [-0.4, -0.2) is 20.6 Å². The number of carboxylic acids is 1. The number of rotatable bonds is 4. The van der Waals surface area contributed by atoms with Crippen LogP contribution in [0.5, 0.6) is 0 Å². The van der Waals surface area contributed by atoms with Crippen molar-refractivity contribution in [1.82, 2.24) is 9.55 Å². The maximum absolute atomic E-state index is 10.9. The molecule has 4 nitrogen and oxygen atoms in total. The van der Waals surface area contributed by atoms with Crippen molar-refractivity contribution in [2.75, 3.05) is 0 Å². The number of nitrogens with zero attached hydrogens (tertiary/aromatic N) is 2. The standard InChI is InChI=1S/C9H14N2O2.BrH/c1-3-4-7(9(12)13)8-10-5-6-11(8)2;/h5-7H,3-4H2,1-2H3,(H,12,13);1H. The predicted octanol–water partition coefficient (Wildman–Crippen LogP) is 1.97. The molecule has 1 N–H and O–H groups in total. The maximum Gasteiger partial charge on any atom is 0.314 e. The Kier molecular flexibility index (Phi) is 5.45. The number of aryl methyl sites for hydroxylation is 1. The van der Waals surface area contributed by atoms with Crippen LogP contribution in [0.2, 0.25) is 0 Å². The van der Waals surface area contributed by atoms with E-state index in [9.17, 15) is 4.79 Å². The summed E-state index contributed by atoms with van der Waals surface area (Å²) in [5, 5.41) is 8.95. The molecule has 0 aliphatic rings. The fourth-order valence-corrected chi connectivity index (χ4v) is 1.36. The van der Waals surface area contributed by atoms with E-state index in [-0.39, 0.29) is 17.0 Å². The van der Waals surface area contributed by atoms with Crippen LogP contribution in [0.15, 0.2) is 12.4 Å². The van der Waals surface area contributed by atoms with Crippen molar-refractivity contribution in [3.8, 4) is 0 Å². The summed E-state index contributed by atoms with van der Waals surface area (Å²) in [6.07, 6.45) is 4.88. The molecule has 0 aliphatic carbocycles. The van der Waals surface area contributed by atoms with Crippen molar-refractivity contribution in [2.45, 2.75) is 25.7 Å². The van der Waals surface area contributed by atoms with Crippen LogP contribution in [0.4, 0.5) is 0 Å². The molecule has 14 heavy (non-hydrogen) atoms. The van der Waals surface area contributed by atoms with Gasteiger partial charge in [0, 0.05) is 19.4 Å². The largest absolute Gasteiger partial charge is 0.481 e. The number of carbonyl (C=O) groups is 1. The molecule has 1 heterocycles. The summed E-state index contributed by atoms with van der Waals surface area (Å²) >= 11 is 0. The molecule has 0 radical (unpaired) electrons. The van der Waals surface area contributed by atoms with Crippen LogP contribution in [0.1, 0.15) is 31.5 Å². The molecule has 0 fully saturated rings. The lowest BCUT2D eigenvalue weighted by atomic mass is 10.0. The molecule has 0 bridgehead atoms. The third-order valence-electron chi connectivity index (χ3n) is 2.05. The number of hydrogen-bond donors (Lipinski definition) is 1. The minimum absolute atomic E-state index is 0. The second-order valence-electron chi connectivity index (χ2n) is 3.08. The van der Waals surface area contributed by atoms with E-state index in [0.29, 0.717) is 12.2 Å². The lowest BCUT2D eigenvalue weighted by Crippen LogP contribution is -2.15. The van der Waals surface area contributed by atoms with E-state index in [1.165, 1.54) is 0 Å². The Labute approximate surface area is 93.7 Å². The fourth-order valence-electron chi connectivity index (χ4n) is 1.36. The summed E-state index contributed by atoms with van der Waals surface area (Å²) in [4.78, 5) is 14.9. The van der Waals surface area contributed by atoms with Gasteiger partial charge in [-0.05, 0) is 6.42 Å². The Hall–Kier alpha value is -0.840. The van der Waals surface area contributed by atoms with Gasteiger partial charge in [-0.25, -0.2) is 4.98 Å². The lowest BCUT2D eigenvalue weighted by molar-refractivity contribution is -0.139. The van der Waals surface area contributed by atoms with Gasteiger partial charge in [0.1, 0.15) is 11.7 Å². The molecule has 1 atom stereocenters. The number of halogens is 1. The first-order chi connectivity index (χ1) is 6.16. The SMILES string of the molecule is Br.CCCC(C(=O)O)c1nccn1C. The van der Waals surface area contributed by atoms with Crippen LogP contribution in [0, 0.1) is 0 Å². The van der Waals surface area contributed by atoms with Gasteiger partial charge in [0.15, 0.2) is 0 Å². The van der Waals surface area contributed by atoms with Crippen LogP contribution < -0.4 is 0 Å². The average Bonchev–Trinajstić information content (AvgIpc) is 2.47. The molecule has 80 valence electrons. The predicted molar refractivity (Wildman–Crippen MR) is 58.8 cm³/mol. The molecule has 0 amide bonds. The summed E-state index contributed by atoms with van der Waals surface area (Å²) < 4.78 is 1.76. The number of hydrogen-bond acceptors (Lipinski definition) is 2. The highest BCUT2D eigenvalue weighted by atomic mass is 79.9. The molecule has 1 aromatic rings. The van der Waals surface area contributed by atoms with Gasteiger partial charge in [0.2, 0.25) is 0 Å². The van der Waals surface area contributed by atoms with Gasteiger partial charge in [0.05, 0.1) is 0 Å². The minimum Gasteiger partial charge on any atom is -0.481 e. The van der Waals surface area contributed by atoms with E-state index in [4.69, 9.17) is 5.11 Å². The Morgan fingerprint density at radius 1 is 1.71 bits per heavy atom. The van der Waals surface area contributed by atoms with Crippen molar-refractivity contribution in [3.05, 3.63) is 18.2 Å². The summed E-state index contributed by atoms with van der Waals surface area (Å²) in [7, 11) is 1.81. The van der Waals surface area contributed by atoms with Crippen molar-refractivity contribution in [1.29, 1.82) is 0 Å². The van der Waals surface area contributed by atoms with Gasteiger partial charge in [-0.15, -0.1) is 17.0 Å². The van der Waals surface area contributed by atoms with Crippen molar-refractivity contribution in [2.24, 2.45) is 7.05 Å². The molecule has 1 rings (SSSR count). The Bertz CT molecular complexity index is 299. The fraction of sp³-hybridized carbons (Fsp3) is 0.556. The highest BCUT2D eigenvalue weighted by Crippen LogP contribution is 2.18. The van der Waals surface area contributed by atoms with E-state index >= 15 is 0 Å². The monoisotopic (exact) mass is 262 g/mol. The van der Waals surface area contributed by atoms with Crippen molar-refractivity contribution >= 4 is 23.0 Å². The first kappa shape index (κ1) is 13.2. The normalized spacial score (nSPS) is 11.9. The molecule has 1 unspecified atom stereocenters. The van der Waals surface area contributed by atoms with Crippen LogP contribution in [0.3, 0.4) is 0 Å². The molecule has 1 aromatic heterocycles. The summed E-state index contributed by atoms with van der Waals surface area (Å²) in [6.45, 7) is 1.97. The van der Waals surface area contributed by atoms with Gasteiger partial charge in [-0.1, -0.05) is 13.3 Å². The molecular weight excluding hydrogens is 248 g/mol. The average molecular weight is 263 g/mol. The minimum atomic E-state index is -0.795. The topological polar surface area (TPSA) is 55.1 Å². The van der Waals surface area contributed by atoms with E-state index < -0.39 is 11.9 Å². The molecule has 0 aliphatic heterocycles. The molecule has 0 spiro atoms. The van der Waals surface area contributed by atoms with Crippen molar-refractivity contribution < 1.29 is 9.90 Å². The van der Waals surface area contributed by atoms with Gasteiger partial charge in [-0.2, -0.15) is 0 Å². The second kappa shape index (κ2) is 5.80. The zero-order valence-electron chi connectivity index (χ0n) is 8.30. The third-order valence-corrected chi connectivity index (χ3v) is 2.05. The zero-order chi connectivity index (χ0) is 9.84. The number of carboxylic acid groups (broad SMARTS) is 1. The lowest BCUT2D eigenvalue weighted by Gasteiger charge is -2.10. The van der Waals surface area contributed by atoms with Gasteiger partial charge < -0.3 is 9.67 Å². The number of imidazole rings is 1. The Morgan fingerprint density at radius 2 is 2.36 bits per heavy atom. The summed E-state index contributed by atoms with van der Waals surface area (Å²) in [5.41, 5.74) is 0. The second-order valence-corrected chi connectivity index (χ2v) is 3.08. The summed E-state index contributed by atoms with van der Waals surface area (Å²) in [6, 6.07) is 0. The van der Waals surface area contributed by atoms with Gasteiger partial charge in [0.25, 0.3) is 0 Å². The van der Waals surface area contributed by atoms with Crippen molar-refractivity contribution in [3.63, 3.8) is 0 Å². The smallest absolute Gasteiger partial charge is 0.314 e. The van der Waals surface area contributed by atoms with E-state index in [0.717, 1.165) is 6.42 Å². The van der Waals surface area contributed by atoms with Gasteiger partial charge >= 0.3 is 5.97 Å². The highest BCUT2D eigenvalue weighted by molar-refractivity contribution is 8.93. The quantitative estimate of drug-likeness (QED) is 0.903. The highest BCUT2D eigenvalue weighted by Gasteiger charge is 2.22. The van der Waals surface area contributed by atoms with E-state index in [1.807, 2.05) is 14.0 Å². The molecule has 5 heteroatoms. The molecule has 0 saturated carbocycles. The molecule has 0 saturated heterocycles. The maximum atomic E-state index is 10.9. The molecular formula is C9H15BrN2O2. The first-order valence-electron chi connectivity index (χ1n) is 4.36. The third kappa shape index (κ3) is 2.83. The van der Waals surface area contributed by atoms with Crippen LogP contribution in [-0.2, 0) is 11.8 Å². The number of aliphatic carboxylic acids is 1. The van der Waals surface area contributed by atoms with Gasteiger partial charge in [-0.3, -0.25) is 4.79 Å². The zero-order valence-corrected chi connectivity index (χ0v) is 10.0. The van der Waals surface area contributed by atoms with E-state index in [2.05, 4.69) is 4.98 Å².